The second-order valence-electron chi connectivity index (χ2n) is 5.18. The molecule has 3 heteroatoms. The highest BCUT2D eigenvalue weighted by molar-refractivity contribution is 5.69. The molecule has 1 unspecified atom stereocenters. The first-order chi connectivity index (χ1) is 8.32. The van der Waals surface area contributed by atoms with Crippen LogP contribution in [0.2, 0.25) is 0 Å². The van der Waals surface area contributed by atoms with Gasteiger partial charge < -0.3 is 5.11 Å². The summed E-state index contributed by atoms with van der Waals surface area (Å²) in [6.45, 7) is 10.4. The van der Waals surface area contributed by atoms with E-state index < -0.39 is 5.97 Å². The van der Waals surface area contributed by atoms with E-state index in [1.165, 1.54) is 16.7 Å². The summed E-state index contributed by atoms with van der Waals surface area (Å²) < 4.78 is 0. The number of aliphatic carboxylic acids is 1. The number of carbonyl (C=O) groups is 1. The van der Waals surface area contributed by atoms with Crippen molar-refractivity contribution in [2.45, 2.75) is 46.7 Å². The first-order valence-corrected chi connectivity index (χ1v) is 6.37. The number of nitrogens with zero attached hydrogens (tertiary/aromatic N) is 1. The van der Waals surface area contributed by atoms with Crippen LogP contribution >= 0.6 is 0 Å². The molecule has 18 heavy (non-hydrogen) atoms. The zero-order valence-electron chi connectivity index (χ0n) is 11.9. The Hall–Kier alpha value is -1.35. The second kappa shape index (κ2) is 6.01. The standard InChI is InChI=1S/C15H23NO2/c1-10(2)16(9-15(17)18)13(5)14-7-6-11(3)12(4)8-14/h6-8,10,13H,9H2,1-5H3,(H,17,18). The molecule has 0 saturated carbocycles. The molecule has 3 nitrogen and oxygen atoms in total. The average Bonchev–Trinajstić information content (AvgIpc) is 2.28. The molecule has 0 heterocycles. The van der Waals surface area contributed by atoms with E-state index in [0.29, 0.717) is 0 Å². The fraction of sp³-hybridized carbons (Fsp3) is 0.533. The van der Waals surface area contributed by atoms with Crippen molar-refractivity contribution in [2.75, 3.05) is 6.54 Å². The van der Waals surface area contributed by atoms with Gasteiger partial charge in [-0.3, -0.25) is 9.69 Å². The van der Waals surface area contributed by atoms with E-state index in [1.807, 2.05) is 18.7 Å². The highest BCUT2D eigenvalue weighted by Crippen LogP contribution is 2.24. The lowest BCUT2D eigenvalue weighted by Crippen LogP contribution is -2.37. The number of rotatable bonds is 5. The van der Waals surface area contributed by atoms with Gasteiger partial charge in [0.15, 0.2) is 0 Å². The zero-order chi connectivity index (χ0) is 13.9. The summed E-state index contributed by atoms with van der Waals surface area (Å²) in [6, 6.07) is 6.65. The van der Waals surface area contributed by atoms with Crippen molar-refractivity contribution in [3.8, 4) is 0 Å². The van der Waals surface area contributed by atoms with E-state index in [0.717, 1.165) is 0 Å². The Morgan fingerprint density at radius 3 is 2.28 bits per heavy atom. The average molecular weight is 249 g/mol. The van der Waals surface area contributed by atoms with Gasteiger partial charge in [-0.25, -0.2) is 0 Å². The molecule has 0 amide bonds. The maximum Gasteiger partial charge on any atom is 0.317 e. The Morgan fingerprint density at radius 2 is 1.83 bits per heavy atom. The van der Waals surface area contributed by atoms with Crippen LogP contribution in [-0.4, -0.2) is 28.6 Å². The maximum atomic E-state index is 10.9. The lowest BCUT2D eigenvalue weighted by Gasteiger charge is -2.31. The van der Waals surface area contributed by atoms with E-state index in [-0.39, 0.29) is 18.6 Å². The van der Waals surface area contributed by atoms with Crippen molar-refractivity contribution in [3.63, 3.8) is 0 Å². The fourth-order valence-corrected chi connectivity index (χ4v) is 2.14. The largest absolute Gasteiger partial charge is 0.480 e. The molecule has 0 spiro atoms. The van der Waals surface area contributed by atoms with Gasteiger partial charge in [-0.05, 0) is 51.3 Å². The molecule has 0 aliphatic heterocycles. The summed E-state index contributed by atoms with van der Waals surface area (Å²) in [7, 11) is 0. The lowest BCUT2D eigenvalue weighted by molar-refractivity contribution is -0.139. The summed E-state index contributed by atoms with van der Waals surface area (Å²) in [4.78, 5) is 12.9. The number of carboxylic acids is 1. The molecule has 1 atom stereocenters. The fourth-order valence-electron chi connectivity index (χ4n) is 2.14. The summed E-state index contributed by atoms with van der Waals surface area (Å²) in [6.07, 6.45) is 0. The number of carboxylic acid groups (broad SMARTS) is 1. The normalized spacial score (nSPS) is 13.1. The summed E-state index contributed by atoms with van der Waals surface area (Å²) in [5, 5.41) is 8.99. The van der Waals surface area contributed by atoms with E-state index in [2.05, 4.69) is 39.0 Å². The van der Waals surface area contributed by atoms with Gasteiger partial charge in [-0.15, -0.1) is 0 Å². The van der Waals surface area contributed by atoms with Crippen LogP contribution in [0.25, 0.3) is 0 Å². The maximum absolute atomic E-state index is 10.9. The molecule has 100 valence electrons. The van der Waals surface area contributed by atoms with Crippen LogP contribution in [0.15, 0.2) is 18.2 Å². The van der Waals surface area contributed by atoms with Crippen molar-refractivity contribution in [3.05, 3.63) is 34.9 Å². The van der Waals surface area contributed by atoms with Gasteiger partial charge in [0.25, 0.3) is 0 Å². The van der Waals surface area contributed by atoms with Gasteiger partial charge in [0, 0.05) is 12.1 Å². The number of hydrogen-bond acceptors (Lipinski definition) is 2. The molecule has 0 aliphatic rings. The topological polar surface area (TPSA) is 40.5 Å². The van der Waals surface area contributed by atoms with Crippen molar-refractivity contribution < 1.29 is 9.90 Å². The van der Waals surface area contributed by atoms with Crippen molar-refractivity contribution >= 4 is 5.97 Å². The third-order valence-electron chi connectivity index (χ3n) is 3.49. The smallest absolute Gasteiger partial charge is 0.317 e. The van der Waals surface area contributed by atoms with E-state index in [4.69, 9.17) is 5.11 Å². The van der Waals surface area contributed by atoms with Gasteiger partial charge >= 0.3 is 5.97 Å². The molecular formula is C15H23NO2. The van der Waals surface area contributed by atoms with Gasteiger partial charge in [0.05, 0.1) is 6.54 Å². The van der Waals surface area contributed by atoms with Crippen LogP contribution in [-0.2, 0) is 4.79 Å². The SMILES string of the molecule is Cc1ccc(C(C)N(CC(=O)O)C(C)C)cc1C. The van der Waals surface area contributed by atoms with Crippen LogP contribution < -0.4 is 0 Å². The molecule has 0 radical (unpaired) electrons. The monoisotopic (exact) mass is 249 g/mol. The van der Waals surface area contributed by atoms with Crippen LogP contribution in [0.4, 0.5) is 0 Å². The molecule has 1 aromatic rings. The first kappa shape index (κ1) is 14.7. The second-order valence-corrected chi connectivity index (χ2v) is 5.18. The molecule has 1 rings (SSSR count). The van der Waals surface area contributed by atoms with Crippen molar-refractivity contribution in [1.29, 1.82) is 0 Å². The highest BCUT2D eigenvalue weighted by Gasteiger charge is 2.21. The molecule has 0 aliphatic carbocycles. The quantitative estimate of drug-likeness (QED) is 0.871. The highest BCUT2D eigenvalue weighted by atomic mass is 16.4. The van der Waals surface area contributed by atoms with Gasteiger partial charge in [0.2, 0.25) is 0 Å². The Balaban J connectivity index is 2.97. The molecule has 1 N–H and O–H groups in total. The minimum absolute atomic E-state index is 0.0752. The van der Waals surface area contributed by atoms with Crippen LogP contribution in [0.1, 0.15) is 43.5 Å². The lowest BCUT2D eigenvalue weighted by atomic mass is 10.00. The van der Waals surface area contributed by atoms with Gasteiger partial charge in [0.1, 0.15) is 0 Å². The van der Waals surface area contributed by atoms with E-state index in [1.54, 1.807) is 0 Å². The molecular weight excluding hydrogens is 226 g/mol. The van der Waals surface area contributed by atoms with Gasteiger partial charge in [-0.1, -0.05) is 18.2 Å². The predicted molar refractivity (Wildman–Crippen MR) is 73.8 cm³/mol. The molecule has 0 saturated heterocycles. The number of hydrogen-bond donors (Lipinski definition) is 1. The van der Waals surface area contributed by atoms with Crippen LogP contribution in [0.5, 0.6) is 0 Å². The van der Waals surface area contributed by atoms with Crippen LogP contribution in [0.3, 0.4) is 0 Å². The number of benzene rings is 1. The minimum Gasteiger partial charge on any atom is -0.480 e. The zero-order valence-corrected chi connectivity index (χ0v) is 11.9. The minimum atomic E-state index is -0.778. The van der Waals surface area contributed by atoms with Crippen molar-refractivity contribution in [2.24, 2.45) is 0 Å². The molecule has 0 fully saturated rings. The Morgan fingerprint density at radius 1 is 1.22 bits per heavy atom. The summed E-state index contributed by atoms with van der Waals surface area (Å²) in [5.41, 5.74) is 3.69. The summed E-state index contributed by atoms with van der Waals surface area (Å²) >= 11 is 0. The number of aryl methyl sites for hydroxylation is 2. The van der Waals surface area contributed by atoms with Crippen molar-refractivity contribution in [1.82, 2.24) is 4.90 Å². The summed E-state index contributed by atoms with van der Waals surface area (Å²) in [5.74, 6) is -0.778. The third-order valence-corrected chi connectivity index (χ3v) is 3.49. The van der Waals surface area contributed by atoms with E-state index >= 15 is 0 Å². The molecule has 0 bridgehead atoms. The first-order valence-electron chi connectivity index (χ1n) is 6.37. The Labute approximate surface area is 109 Å². The Kier molecular flexibility index (Phi) is 4.91. The third kappa shape index (κ3) is 3.57. The predicted octanol–water partition coefficient (Wildman–Crippen LogP) is 3.16. The molecule has 0 aromatic heterocycles. The molecule has 1 aromatic carbocycles. The Bertz CT molecular complexity index is 427. The van der Waals surface area contributed by atoms with Gasteiger partial charge in [-0.2, -0.15) is 0 Å². The van der Waals surface area contributed by atoms with Crippen LogP contribution in [0, 0.1) is 13.8 Å². The van der Waals surface area contributed by atoms with E-state index in [9.17, 15) is 4.79 Å².